The minimum Gasteiger partial charge on any atom is -0.309 e. The minimum absolute atomic E-state index is 0.151. The number of halogens is 1. The molecule has 1 unspecified atom stereocenters. The zero-order valence-corrected chi connectivity index (χ0v) is 11.9. The third kappa shape index (κ3) is 3.23. The molecule has 2 nitrogen and oxygen atoms in total. The Bertz CT molecular complexity index is 391. The van der Waals surface area contributed by atoms with Crippen LogP contribution >= 0.6 is 11.8 Å². The number of hydrogen-bond acceptors (Lipinski definition) is 3. The molecule has 1 aliphatic carbocycles. The van der Waals surface area contributed by atoms with Crippen molar-refractivity contribution in [2.45, 2.75) is 43.4 Å². The van der Waals surface area contributed by atoms with E-state index in [0.717, 1.165) is 12.1 Å². The van der Waals surface area contributed by atoms with Crippen LogP contribution in [0.1, 0.15) is 44.2 Å². The summed E-state index contributed by atoms with van der Waals surface area (Å²) >= 11 is 1.97. The molecule has 1 saturated carbocycles. The molecule has 18 heavy (non-hydrogen) atoms. The lowest BCUT2D eigenvalue weighted by Gasteiger charge is -2.29. The van der Waals surface area contributed by atoms with E-state index in [-0.39, 0.29) is 11.9 Å². The molecule has 0 bridgehead atoms. The highest BCUT2D eigenvalue weighted by Gasteiger charge is 2.32. The normalized spacial score (nSPS) is 19.9. The largest absolute Gasteiger partial charge is 0.309 e. The molecule has 1 N–H and O–H groups in total. The van der Waals surface area contributed by atoms with Gasteiger partial charge in [-0.05, 0) is 37.7 Å². The van der Waals surface area contributed by atoms with Crippen molar-refractivity contribution in [3.8, 4) is 0 Å². The smallest absolute Gasteiger partial charge is 0.141 e. The molecular formula is C14H21FN2S. The van der Waals surface area contributed by atoms with Crippen molar-refractivity contribution >= 4 is 11.8 Å². The van der Waals surface area contributed by atoms with Crippen LogP contribution in [0.15, 0.2) is 18.5 Å². The first-order chi connectivity index (χ1) is 8.65. The van der Waals surface area contributed by atoms with Gasteiger partial charge >= 0.3 is 0 Å². The first-order valence-electron chi connectivity index (χ1n) is 6.54. The summed E-state index contributed by atoms with van der Waals surface area (Å²) in [6.45, 7) is 3.06. The van der Waals surface area contributed by atoms with Crippen LogP contribution in [0.4, 0.5) is 4.39 Å². The highest BCUT2D eigenvalue weighted by molar-refractivity contribution is 8.00. The molecule has 0 radical (unpaired) electrons. The van der Waals surface area contributed by atoms with Crippen LogP contribution in [0.25, 0.3) is 0 Å². The zero-order chi connectivity index (χ0) is 13.0. The topological polar surface area (TPSA) is 24.9 Å². The molecule has 0 spiro atoms. The second-order valence-corrected chi connectivity index (χ2v) is 6.41. The molecule has 0 saturated heterocycles. The summed E-state index contributed by atoms with van der Waals surface area (Å²) in [6.07, 6.45) is 10.4. The van der Waals surface area contributed by atoms with Gasteiger partial charge in [0.2, 0.25) is 0 Å². The van der Waals surface area contributed by atoms with Crippen LogP contribution in [0.5, 0.6) is 0 Å². The van der Waals surface area contributed by atoms with E-state index in [1.165, 1.54) is 31.9 Å². The maximum absolute atomic E-state index is 13.1. The number of hydrogen-bond donors (Lipinski definition) is 1. The molecule has 0 aliphatic heterocycles. The molecule has 0 aromatic carbocycles. The van der Waals surface area contributed by atoms with Crippen molar-refractivity contribution in [3.05, 3.63) is 29.8 Å². The van der Waals surface area contributed by atoms with Gasteiger partial charge in [0.05, 0.1) is 6.20 Å². The maximum Gasteiger partial charge on any atom is 0.141 e. The van der Waals surface area contributed by atoms with Gasteiger partial charge in [-0.25, -0.2) is 4.39 Å². The van der Waals surface area contributed by atoms with Gasteiger partial charge in [-0.2, -0.15) is 11.8 Å². The van der Waals surface area contributed by atoms with Crippen LogP contribution < -0.4 is 5.32 Å². The quantitative estimate of drug-likeness (QED) is 0.884. The van der Waals surface area contributed by atoms with E-state index in [4.69, 9.17) is 0 Å². The number of nitrogens with one attached hydrogen (secondary N) is 1. The highest BCUT2D eigenvalue weighted by atomic mass is 32.2. The Labute approximate surface area is 113 Å². The van der Waals surface area contributed by atoms with Gasteiger partial charge in [0.1, 0.15) is 5.82 Å². The molecule has 1 aromatic heterocycles. The first-order valence-corrected chi connectivity index (χ1v) is 7.77. The van der Waals surface area contributed by atoms with Crippen LogP contribution in [0, 0.1) is 5.82 Å². The summed E-state index contributed by atoms with van der Waals surface area (Å²) in [6, 6.07) is 1.71. The fraction of sp³-hybridized carbons (Fsp3) is 0.643. The average Bonchev–Trinajstić information content (AvgIpc) is 2.85. The molecule has 1 fully saturated rings. The second kappa shape index (κ2) is 6.02. The molecule has 1 aromatic rings. The van der Waals surface area contributed by atoms with Gasteiger partial charge in [0.25, 0.3) is 0 Å². The first kappa shape index (κ1) is 13.8. The summed E-state index contributed by atoms with van der Waals surface area (Å²) < 4.78 is 13.5. The summed E-state index contributed by atoms with van der Waals surface area (Å²) in [7, 11) is 0. The van der Waals surface area contributed by atoms with Crippen LogP contribution in [-0.2, 0) is 0 Å². The van der Waals surface area contributed by atoms with Gasteiger partial charge in [0, 0.05) is 23.5 Å². The Kier molecular flexibility index (Phi) is 4.62. The number of aromatic nitrogens is 1. The Morgan fingerprint density at radius 3 is 2.78 bits per heavy atom. The monoisotopic (exact) mass is 268 g/mol. The highest BCUT2D eigenvalue weighted by Crippen LogP contribution is 2.39. The van der Waals surface area contributed by atoms with Crippen LogP contribution in [0.2, 0.25) is 0 Å². The number of rotatable bonds is 5. The van der Waals surface area contributed by atoms with E-state index in [1.807, 2.05) is 11.8 Å². The van der Waals surface area contributed by atoms with Crippen molar-refractivity contribution < 1.29 is 4.39 Å². The average molecular weight is 268 g/mol. The van der Waals surface area contributed by atoms with Crippen LogP contribution in [0.3, 0.4) is 0 Å². The fourth-order valence-electron chi connectivity index (χ4n) is 2.59. The Balaban J connectivity index is 1.93. The fourth-order valence-corrected chi connectivity index (χ4v) is 3.52. The molecule has 2 rings (SSSR count). The van der Waals surface area contributed by atoms with E-state index >= 15 is 0 Å². The molecule has 1 aliphatic rings. The lowest BCUT2D eigenvalue weighted by molar-refractivity contribution is 0.484. The third-order valence-corrected chi connectivity index (χ3v) is 5.32. The predicted octanol–water partition coefficient (Wildman–Crippen LogP) is 3.55. The Morgan fingerprint density at radius 1 is 1.44 bits per heavy atom. The summed E-state index contributed by atoms with van der Waals surface area (Å²) in [5, 5.41) is 3.53. The summed E-state index contributed by atoms with van der Waals surface area (Å²) in [4.78, 5) is 3.90. The van der Waals surface area contributed by atoms with Crippen LogP contribution in [-0.4, -0.2) is 22.5 Å². The van der Waals surface area contributed by atoms with Gasteiger partial charge in [-0.1, -0.05) is 12.8 Å². The second-order valence-electron chi connectivity index (χ2n) is 5.13. The SMILES string of the molecule is CSC1(CNC(C)c2cncc(F)c2)CCCC1. The van der Waals surface area contributed by atoms with Crippen molar-refractivity contribution in [3.63, 3.8) is 0 Å². The lowest BCUT2D eigenvalue weighted by atomic mass is 10.1. The third-order valence-electron chi connectivity index (χ3n) is 3.90. The number of pyridine rings is 1. The molecule has 1 heterocycles. The van der Waals surface area contributed by atoms with Gasteiger partial charge in [-0.3, -0.25) is 4.98 Å². The molecule has 100 valence electrons. The molecule has 0 amide bonds. The van der Waals surface area contributed by atoms with Crippen molar-refractivity contribution in [1.29, 1.82) is 0 Å². The molecule has 4 heteroatoms. The van der Waals surface area contributed by atoms with Crippen molar-refractivity contribution in [2.75, 3.05) is 12.8 Å². The number of nitrogens with zero attached hydrogens (tertiary/aromatic N) is 1. The summed E-state index contributed by atoms with van der Waals surface area (Å²) in [5.74, 6) is -0.262. The number of thioether (sulfide) groups is 1. The predicted molar refractivity (Wildman–Crippen MR) is 75.3 cm³/mol. The lowest BCUT2D eigenvalue weighted by Crippen LogP contribution is -2.36. The zero-order valence-electron chi connectivity index (χ0n) is 11.1. The Hall–Kier alpha value is -0.610. The van der Waals surface area contributed by atoms with E-state index in [0.29, 0.717) is 4.75 Å². The van der Waals surface area contributed by atoms with Gasteiger partial charge < -0.3 is 5.32 Å². The Morgan fingerprint density at radius 2 is 2.17 bits per heavy atom. The summed E-state index contributed by atoms with van der Waals surface area (Å²) in [5.41, 5.74) is 0.921. The van der Waals surface area contributed by atoms with E-state index in [9.17, 15) is 4.39 Å². The van der Waals surface area contributed by atoms with E-state index in [1.54, 1.807) is 12.3 Å². The standard InChI is InChI=1S/C14H21FN2S/c1-11(12-7-13(15)9-16-8-12)17-10-14(18-2)5-3-4-6-14/h7-9,11,17H,3-6,10H2,1-2H3. The minimum atomic E-state index is -0.262. The molecule has 1 atom stereocenters. The van der Waals surface area contributed by atoms with E-state index < -0.39 is 0 Å². The van der Waals surface area contributed by atoms with Crippen molar-refractivity contribution in [2.24, 2.45) is 0 Å². The van der Waals surface area contributed by atoms with Gasteiger partial charge in [-0.15, -0.1) is 0 Å². The van der Waals surface area contributed by atoms with Crippen molar-refractivity contribution in [1.82, 2.24) is 10.3 Å². The van der Waals surface area contributed by atoms with Gasteiger partial charge in [0.15, 0.2) is 0 Å². The maximum atomic E-state index is 13.1. The molecular weight excluding hydrogens is 247 g/mol. The van der Waals surface area contributed by atoms with E-state index in [2.05, 4.69) is 23.5 Å².